The Kier molecular flexibility index (Phi) is 8.20. The largest absolute Gasteiger partial charge is 0.272 e. The van der Waals surface area contributed by atoms with Gasteiger partial charge in [-0.25, -0.2) is 18.2 Å². The molecule has 6 nitrogen and oxygen atoms in total. The zero-order valence-corrected chi connectivity index (χ0v) is 19.8. The molecule has 0 radical (unpaired) electrons. The van der Waals surface area contributed by atoms with Gasteiger partial charge in [0, 0.05) is 22.2 Å². The third-order valence-corrected chi connectivity index (χ3v) is 7.02. The van der Waals surface area contributed by atoms with Crippen LogP contribution in [0.3, 0.4) is 0 Å². The lowest BCUT2D eigenvalue weighted by atomic mass is 10.2. The minimum Gasteiger partial charge on any atom is -0.272 e. The molecule has 3 rings (SSSR count). The van der Waals surface area contributed by atoms with Gasteiger partial charge in [0.2, 0.25) is 10.0 Å². The van der Waals surface area contributed by atoms with Crippen LogP contribution in [0.1, 0.15) is 16.7 Å². The van der Waals surface area contributed by atoms with Gasteiger partial charge in [0.1, 0.15) is 5.82 Å². The summed E-state index contributed by atoms with van der Waals surface area (Å²) in [6.45, 7) is 0.857. The predicted octanol–water partition coefficient (Wildman–Crippen LogP) is 4.78. The molecule has 0 atom stereocenters. The van der Waals surface area contributed by atoms with E-state index in [1.165, 1.54) is 48.7 Å². The summed E-state index contributed by atoms with van der Waals surface area (Å²) < 4.78 is 41.7. The smallest absolute Gasteiger partial charge is 0.255 e. The molecule has 3 aromatic rings. The molecule has 0 aliphatic carbocycles. The monoisotopic (exact) mass is 507 g/mol. The number of hydrogen-bond acceptors (Lipinski definition) is 4. The molecule has 0 aliphatic heterocycles. The third-order valence-electron chi connectivity index (χ3n) is 4.61. The van der Waals surface area contributed by atoms with Crippen LogP contribution in [0.25, 0.3) is 0 Å². The number of rotatable bonds is 8. The lowest BCUT2D eigenvalue weighted by molar-refractivity contribution is -0.121. The maximum atomic E-state index is 14.4. The van der Waals surface area contributed by atoms with Crippen LogP contribution in [0.2, 0.25) is 10.0 Å². The summed E-state index contributed by atoms with van der Waals surface area (Å²) in [4.78, 5) is 12.4. The quantitative estimate of drug-likeness (QED) is 0.351. The van der Waals surface area contributed by atoms with Crippen LogP contribution in [0, 0.1) is 12.7 Å². The number of aryl methyl sites for hydroxylation is 1. The number of sulfonamides is 1. The van der Waals surface area contributed by atoms with Crippen molar-refractivity contribution in [2.45, 2.75) is 18.4 Å². The molecule has 3 aromatic carbocycles. The number of carbonyl (C=O) groups excluding carboxylic acids is 1. The first-order valence-electron chi connectivity index (χ1n) is 9.74. The van der Waals surface area contributed by atoms with Crippen LogP contribution in [0.5, 0.6) is 0 Å². The van der Waals surface area contributed by atoms with Gasteiger partial charge >= 0.3 is 0 Å². The number of halogens is 3. The highest BCUT2D eigenvalue weighted by Gasteiger charge is 2.28. The predicted molar refractivity (Wildman–Crippen MR) is 127 cm³/mol. The first kappa shape index (κ1) is 24.9. The van der Waals surface area contributed by atoms with Gasteiger partial charge < -0.3 is 0 Å². The molecular formula is C23H20Cl2FN3O3S. The molecule has 0 fully saturated rings. The summed E-state index contributed by atoms with van der Waals surface area (Å²) in [5.74, 6) is -1.39. The highest BCUT2D eigenvalue weighted by molar-refractivity contribution is 7.89. The van der Waals surface area contributed by atoms with Crippen LogP contribution in [-0.4, -0.2) is 31.4 Å². The van der Waals surface area contributed by atoms with Crippen LogP contribution < -0.4 is 5.43 Å². The number of amides is 1. The summed E-state index contributed by atoms with van der Waals surface area (Å²) in [6.07, 6.45) is 1.44. The first-order valence-corrected chi connectivity index (χ1v) is 11.9. The number of nitrogens with zero attached hydrogens (tertiary/aromatic N) is 2. The van der Waals surface area contributed by atoms with E-state index in [1.54, 1.807) is 6.07 Å². The average molecular weight is 508 g/mol. The van der Waals surface area contributed by atoms with E-state index in [0.717, 1.165) is 15.4 Å². The van der Waals surface area contributed by atoms with Gasteiger partial charge in [0.15, 0.2) is 0 Å². The standard InChI is InChI=1S/C23H20Cl2FN3O3S/c1-16-4-2-5-17(12-16)13-27-28-23(30)15-29(14-20-21(25)6-3-7-22(20)26)33(31,32)19-10-8-18(24)9-11-19/h2-13H,14-15H2,1H3,(H,28,30)/b27-13-. The minimum absolute atomic E-state index is 0.0455. The third kappa shape index (κ3) is 6.61. The fourth-order valence-corrected chi connectivity index (χ4v) is 4.68. The van der Waals surface area contributed by atoms with E-state index in [4.69, 9.17) is 23.2 Å². The molecule has 10 heteroatoms. The SMILES string of the molecule is Cc1cccc(/C=N\NC(=O)CN(Cc2c(F)cccc2Cl)S(=O)(=O)c2ccc(Cl)cc2)c1. The summed E-state index contributed by atoms with van der Waals surface area (Å²) in [7, 11) is -4.19. The molecule has 0 spiro atoms. The van der Waals surface area contributed by atoms with E-state index < -0.39 is 34.8 Å². The van der Waals surface area contributed by atoms with Gasteiger partial charge in [-0.15, -0.1) is 0 Å². The zero-order valence-electron chi connectivity index (χ0n) is 17.5. The summed E-state index contributed by atoms with van der Waals surface area (Å²) >= 11 is 11.9. The fraction of sp³-hybridized carbons (Fsp3) is 0.130. The first-order chi connectivity index (χ1) is 15.7. The van der Waals surface area contributed by atoms with Crippen molar-refractivity contribution in [1.29, 1.82) is 0 Å². The van der Waals surface area contributed by atoms with Crippen molar-refractivity contribution >= 4 is 45.3 Å². The number of nitrogens with one attached hydrogen (secondary N) is 1. The van der Waals surface area contributed by atoms with Gasteiger partial charge in [0.25, 0.3) is 5.91 Å². The van der Waals surface area contributed by atoms with Crippen LogP contribution in [0.15, 0.2) is 76.7 Å². The Labute approximate surface area is 201 Å². The molecule has 0 aromatic heterocycles. The van der Waals surface area contributed by atoms with E-state index in [2.05, 4.69) is 10.5 Å². The van der Waals surface area contributed by atoms with E-state index in [9.17, 15) is 17.6 Å². The number of hydrazone groups is 1. The van der Waals surface area contributed by atoms with Crippen molar-refractivity contribution in [3.8, 4) is 0 Å². The second-order valence-electron chi connectivity index (χ2n) is 7.13. The van der Waals surface area contributed by atoms with E-state index in [0.29, 0.717) is 5.02 Å². The topological polar surface area (TPSA) is 78.8 Å². The molecule has 172 valence electrons. The summed E-state index contributed by atoms with van der Waals surface area (Å²) in [6, 6.07) is 16.9. The van der Waals surface area contributed by atoms with Crippen molar-refractivity contribution in [2.75, 3.05) is 6.54 Å². The molecule has 0 saturated heterocycles. The molecule has 33 heavy (non-hydrogen) atoms. The van der Waals surface area contributed by atoms with Gasteiger partial charge in [-0.2, -0.15) is 9.41 Å². The Hall–Kier alpha value is -2.78. The van der Waals surface area contributed by atoms with Gasteiger partial charge in [-0.05, 0) is 48.9 Å². The Morgan fingerprint density at radius 2 is 1.79 bits per heavy atom. The highest BCUT2D eigenvalue weighted by Crippen LogP contribution is 2.25. The Balaban J connectivity index is 1.84. The van der Waals surface area contributed by atoms with Crippen molar-refractivity contribution in [1.82, 2.24) is 9.73 Å². The van der Waals surface area contributed by atoms with Crippen molar-refractivity contribution in [3.05, 3.63) is 99.3 Å². The van der Waals surface area contributed by atoms with Crippen LogP contribution in [-0.2, 0) is 21.4 Å². The maximum Gasteiger partial charge on any atom is 0.255 e. The molecule has 0 unspecified atom stereocenters. The normalized spacial score (nSPS) is 11.8. The van der Waals surface area contributed by atoms with Crippen LogP contribution in [0.4, 0.5) is 4.39 Å². The average Bonchev–Trinajstić information content (AvgIpc) is 2.76. The van der Waals surface area contributed by atoms with Gasteiger partial charge in [0.05, 0.1) is 17.7 Å². The minimum atomic E-state index is -4.19. The number of benzene rings is 3. The zero-order chi connectivity index (χ0) is 24.0. The highest BCUT2D eigenvalue weighted by atomic mass is 35.5. The van der Waals surface area contributed by atoms with Crippen molar-refractivity contribution in [2.24, 2.45) is 5.10 Å². The van der Waals surface area contributed by atoms with E-state index >= 15 is 0 Å². The molecule has 0 saturated carbocycles. The van der Waals surface area contributed by atoms with Gasteiger partial charge in [-0.3, -0.25) is 4.79 Å². The van der Waals surface area contributed by atoms with E-state index in [-0.39, 0.29) is 15.5 Å². The second-order valence-corrected chi connectivity index (χ2v) is 9.92. The fourth-order valence-electron chi connectivity index (χ4n) is 2.97. The summed E-state index contributed by atoms with van der Waals surface area (Å²) in [5.41, 5.74) is 4.04. The van der Waals surface area contributed by atoms with Crippen molar-refractivity contribution in [3.63, 3.8) is 0 Å². The van der Waals surface area contributed by atoms with Crippen LogP contribution >= 0.6 is 23.2 Å². The Bertz CT molecular complexity index is 1260. The molecule has 1 amide bonds. The number of carbonyl (C=O) groups is 1. The second kappa shape index (κ2) is 10.9. The molecule has 0 aliphatic rings. The maximum absolute atomic E-state index is 14.4. The Morgan fingerprint density at radius 1 is 1.09 bits per heavy atom. The summed E-state index contributed by atoms with van der Waals surface area (Å²) in [5, 5.41) is 4.27. The van der Waals surface area contributed by atoms with E-state index in [1.807, 2.05) is 25.1 Å². The lowest BCUT2D eigenvalue weighted by Crippen LogP contribution is -2.39. The molecular weight excluding hydrogens is 488 g/mol. The molecule has 1 N–H and O–H groups in total. The Morgan fingerprint density at radius 3 is 2.45 bits per heavy atom. The molecule has 0 bridgehead atoms. The van der Waals surface area contributed by atoms with Crippen molar-refractivity contribution < 1.29 is 17.6 Å². The van der Waals surface area contributed by atoms with Gasteiger partial charge in [-0.1, -0.05) is 59.1 Å². The number of hydrogen-bond donors (Lipinski definition) is 1. The lowest BCUT2D eigenvalue weighted by Gasteiger charge is -2.22. The molecule has 0 heterocycles.